The Hall–Kier alpha value is -1.06. The topological polar surface area (TPSA) is 56.2 Å². The van der Waals surface area contributed by atoms with Gasteiger partial charge >= 0.3 is 6.03 Å². The maximum absolute atomic E-state index is 12.1. The Bertz CT molecular complexity index is 400. The Morgan fingerprint density at radius 1 is 1.22 bits per heavy atom. The number of amides is 2. The highest BCUT2D eigenvalue weighted by molar-refractivity contribution is 6.08. The molecule has 0 bridgehead atoms. The van der Waals surface area contributed by atoms with Crippen molar-refractivity contribution in [2.45, 2.75) is 70.4 Å². The largest absolute Gasteiger partial charge is 0.323 e. The van der Waals surface area contributed by atoms with Gasteiger partial charge < -0.3 is 4.90 Å². The quantitative estimate of drug-likeness (QED) is 0.737. The molecule has 1 heterocycles. The van der Waals surface area contributed by atoms with Crippen LogP contribution in [0.5, 0.6) is 0 Å². The van der Waals surface area contributed by atoms with Crippen LogP contribution < -0.4 is 5.32 Å². The molecule has 0 aromatic heterocycles. The van der Waals surface area contributed by atoms with Crippen molar-refractivity contribution in [3.8, 4) is 0 Å². The lowest BCUT2D eigenvalue weighted by Crippen LogP contribution is -2.50. The van der Waals surface area contributed by atoms with Gasteiger partial charge in [0, 0.05) is 6.04 Å². The Morgan fingerprint density at radius 3 is 2.61 bits per heavy atom. The molecular weight excluding hydrogens is 226 g/mol. The molecule has 3 fully saturated rings. The molecule has 2 amide bonds. The Labute approximate surface area is 109 Å². The van der Waals surface area contributed by atoms with E-state index in [0.29, 0.717) is 17.3 Å². The van der Waals surface area contributed by atoms with Crippen molar-refractivity contribution in [3.05, 3.63) is 0 Å². The summed E-state index contributed by atoms with van der Waals surface area (Å²) in [6.45, 7) is 4.61. The van der Waals surface area contributed by atoms with Crippen LogP contribution in [0.2, 0.25) is 0 Å². The molecule has 4 heteroatoms. The van der Waals surface area contributed by atoms with Gasteiger partial charge in [-0.25, -0.2) is 4.79 Å². The van der Waals surface area contributed by atoms with E-state index in [4.69, 9.17) is 5.41 Å². The van der Waals surface area contributed by atoms with Crippen molar-refractivity contribution in [2.24, 2.45) is 5.41 Å². The second-order valence-corrected chi connectivity index (χ2v) is 6.96. The van der Waals surface area contributed by atoms with Gasteiger partial charge in [-0.1, -0.05) is 20.3 Å². The van der Waals surface area contributed by atoms with Crippen molar-refractivity contribution >= 4 is 11.9 Å². The summed E-state index contributed by atoms with van der Waals surface area (Å²) < 4.78 is 0. The monoisotopic (exact) mass is 249 g/mol. The predicted molar refractivity (Wildman–Crippen MR) is 70.7 cm³/mol. The van der Waals surface area contributed by atoms with Crippen molar-refractivity contribution in [1.29, 1.82) is 5.41 Å². The molecule has 2 saturated carbocycles. The number of carbonyl (C=O) groups excluding carboxylic acids is 1. The first-order chi connectivity index (χ1) is 8.45. The zero-order valence-corrected chi connectivity index (χ0v) is 11.4. The molecule has 2 N–H and O–H groups in total. The smallest absolute Gasteiger partial charge is 0.309 e. The molecule has 3 rings (SSSR count). The lowest BCUT2D eigenvalue weighted by atomic mass is 9.83. The molecule has 18 heavy (non-hydrogen) atoms. The number of nitrogens with zero attached hydrogens (tertiary/aromatic N) is 1. The van der Waals surface area contributed by atoms with E-state index in [0.717, 1.165) is 38.5 Å². The summed E-state index contributed by atoms with van der Waals surface area (Å²) >= 11 is 0. The Balaban J connectivity index is 1.91. The lowest BCUT2D eigenvalue weighted by molar-refractivity contribution is 0.154. The average molecular weight is 249 g/mol. The van der Waals surface area contributed by atoms with E-state index in [-0.39, 0.29) is 11.6 Å². The van der Waals surface area contributed by atoms with Gasteiger partial charge in [-0.2, -0.15) is 0 Å². The fourth-order valence-corrected chi connectivity index (χ4v) is 3.59. The standard InChI is InChI=1S/C14H23N3O/c1-13(2)6-3-7-14(9-8-13)11(15)16-12(18)17(14)10-4-5-10/h10H,3-9H2,1-2H3,(H2,15,16,18). The summed E-state index contributed by atoms with van der Waals surface area (Å²) in [6, 6.07) is 0.372. The van der Waals surface area contributed by atoms with Crippen molar-refractivity contribution in [3.63, 3.8) is 0 Å². The van der Waals surface area contributed by atoms with Crippen LogP contribution in [0.1, 0.15) is 58.8 Å². The molecule has 100 valence electrons. The summed E-state index contributed by atoms with van der Waals surface area (Å²) in [5.74, 6) is 0.456. The lowest BCUT2D eigenvalue weighted by Gasteiger charge is -2.36. The van der Waals surface area contributed by atoms with E-state index in [1.165, 1.54) is 6.42 Å². The molecular formula is C14H23N3O. The fraction of sp³-hybridized carbons (Fsp3) is 0.857. The zero-order chi connectivity index (χ0) is 13.0. The summed E-state index contributed by atoms with van der Waals surface area (Å²) in [4.78, 5) is 14.1. The number of nitrogens with one attached hydrogen (secondary N) is 2. The molecule has 1 unspecified atom stereocenters. The van der Waals surface area contributed by atoms with Gasteiger partial charge in [0.2, 0.25) is 0 Å². The van der Waals surface area contributed by atoms with Crippen LogP contribution >= 0.6 is 0 Å². The molecule has 2 aliphatic carbocycles. The molecule has 0 aromatic carbocycles. The second kappa shape index (κ2) is 3.72. The minimum Gasteiger partial charge on any atom is -0.309 e. The summed E-state index contributed by atoms with van der Waals surface area (Å²) in [6.07, 6.45) is 7.58. The third-order valence-electron chi connectivity index (χ3n) is 4.95. The normalized spacial score (nSPS) is 35.8. The van der Waals surface area contributed by atoms with Crippen molar-refractivity contribution < 1.29 is 4.79 Å². The van der Waals surface area contributed by atoms with E-state index in [1.807, 2.05) is 4.90 Å². The van der Waals surface area contributed by atoms with Crippen LogP contribution in [0.4, 0.5) is 4.79 Å². The van der Waals surface area contributed by atoms with Gasteiger partial charge in [0.1, 0.15) is 11.4 Å². The van der Waals surface area contributed by atoms with Gasteiger partial charge in [0.25, 0.3) is 0 Å². The molecule has 1 atom stereocenters. The number of hydrogen-bond donors (Lipinski definition) is 2. The second-order valence-electron chi connectivity index (χ2n) is 6.96. The van der Waals surface area contributed by atoms with Crippen LogP contribution in [0.25, 0.3) is 0 Å². The summed E-state index contributed by atoms with van der Waals surface area (Å²) in [5, 5.41) is 11.0. The van der Waals surface area contributed by atoms with E-state index < -0.39 is 0 Å². The van der Waals surface area contributed by atoms with Gasteiger partial charge in [0.15, 0.2) is 0 Å². The van der Waals surface area contributed by atoms with E-state index in [2.05, 4.69) is 19.2 Å². The van der Waals surface area contributed by atoms with Gasteiger partial charge in [-0.15, -0.1) is 0 Å². The van der Waals surface area contributed by atoms with Crippen LogP contribution in [-0.2, 0) is 0 Å². The van der Waals surface area contributed by atoms with Gasteiger partial charge in [-0.05, 0) is 43.9 Å². The highest BCUT2D eigenvalue weighted by atomic mass is 16.2. The van der Waals surface area contributed by atoms with Gasteiger partial charge in [-0.3, -0.25) is 10.7 Å². The zero-order valence-electron chi connectivity index (χ0n) is 11.4. The first-order valence-corrected chi connectivity index (χ1v) is 7.14. The third-order valence-corrected chi connectivity index (χ3v) is 4.95. The number of carbonyl (C=O) groups is 1. The molecule has 3 aliphatic rings. The minimum absolute atomic E-state index is 0.0257. The highest BCUT2D eigenvalue weighted by Crippen LogP contribution is 2.46. The number of amidine groups is 1. The van der Waals surface area contributed by atoms with Crippen LogP contribution in [0, 0.1) is 10.8 Å². The Kier molecular flexibility index (Phi) is 2.48. The highest BCUT2D eigenvalue weighted by Gasteiger charge is 2.55. The van der Waals surface area contributed by atoms with Crippen molar-refractivity contribution in [2.75, 3.05) is 0 Å². The third kappa shape index (κ3) is 1.73. The molecule has 1 aliphatic heterocycles. The van der Waals surface area contributed by atoms with E-state index in [1.54, 1.807) is 0 Å². The fourth-order valence-electron chi connectivity index (χ4n) is 3.59. The Morgan fingerprint density at radius 2 is 1.94 bits per heavy atom. The summed E-state index contributed by atoms with van der Waals surface area (Å²) in [7, 11) is 0. The molecule has 0 aromatic rings. The molecule has 4 nitrogen and oxygen atoms in total. The van der Waals surface area contributed by atoms with Gasteiger partial charge in [0.05, 0.1) is 0 Å². The molecule has 0 radical (unpaired) electrons. The SMILES string of the molecule is CC1(C)CCCC2(CC1)C(=N)NC(=O)N2C1CC1. The maximum Gasteiger partial charge on any atom is 0.323 e. The summed E-state index contributed by atoms with van der Waals surface area (Å²) in [5.41, 5.74) is 0.0522. The van der Waals surface area contributed by atoms with E-state index in [9.17, 15) is 4.79 Å². The van der Waals surface area contributed by atoms with Crippen molar-refractivity contribution in [1.82, 2.24) is 10.2 Å². The predicted octanol–water partition coefficient (Wildman–Crippen LogP) is 2.88. The molecule has 1 spiro atoms. The first-order valence-electron chi connectivity index (χ1n) is 7.14. The average Bonchev–Trinajstić information content (AvgIpc) is 3.06. The van der Waals surface area contributed by atoms with E-state index >= 15 is 0 Å². The van der Waals surface area contributed by atoms with Crippen LogP contribution in [0.3, 0.4) is 0 Å². The maximum atomic E-state index is 12.1. The number of hydrogen-bond acceptors (Lipinski definition) is 2. The first kappa shape index (κ1) is 12.0. The number of urea groups is 1. The minimum atomic E-state index is -0.300. The van der Waals surface area contributed by atoms with Crippen LogP contribution in [0.15, 0.2) is 0 Å². The number of rotatable bonds is 1. The molecule has 1 saturated heterocycles. The van der Waals surface area contributed by atoms with Crippen LogP contribution in [-0.4, -0.2) is 28.3 Å².